The Morgan fingerprint density at radius 2 is 2.09 bits per heavy atom. The van der Waals surface area contributed by atoms with E-state index < -0.39 is 12.2 Å². The molecule has 1 aromatic carbocycles. The van der Waals surface area contributed by atoms with E-state index in [0.29, 0.717) is 23.2 Å². The maximum absolute atomic E-state index is 13.2. The van der Waals surface area contributed by atoms with Crippen LogP contribution in [-0.4, -0.2) is 28.9 Å². The van der Waals surface area contributed by atoms with E-state index >= 15 is 0 Å². The number of aromatic nitrogens is 1. The van der Waals surface area contributed by atoms with E-state index in [4.69, 9.17) is 16.9 Å². The molecule has 3 rings (SSSR count). The molecule has 9 heteroatoms. The molecule has 8 N–H and O–H groups in total. The lowest BCUT2D eigenvalue weighted by Crippen LogP contribution is -2.37. The normalized spacial score (nSPS) is 16.3. The van der Waals surface area contributed by atoms with Crippen LogP contribution in [0.25, 0.3) is 0 Å². The molecule has 0 bridgehead atoms. The highest BCUT2D eigenvalue weighted by atomic mass is 19.1. The van der Waals surface area contributed by atoms with Gasteiger partial charge in [0.05, 0.1) is 11.8 Å². The number of hydrogen-bond donors (Lipinski definition) is 6. The Hall–Kier alpha value is -4.14. The van der Waals surface area contributed by atoms with Crippen molar-refractivity contribution in [3.63, 3.8) is 0 Å². The van der Waals surface area contributed by atoms with E-state index in [0.717, 1.165) is 11.3 Å². The fourth-order valence-electron chi connectivity index (χ4n) is 3.15. The minimum absolute atomic E-state index is 0.211. The fourth-order valence-corrected chi connectivity index (χ4v) is 3.15. The molecule has 1 aliphatic rings. The summed E-state index contributed by atoms with van der Waals surface area (Å²) >= 11 is 0. The van der Waals surface area contributed by atoms with Crippen molar-refractivity contribution in [2.24, 2.45) is 5.73 Å². The number of urea groups is 1. The van der Waals surface area contributed by atoms with Crippen molar-refractivity contribution in [2.45, 2.75) is 25.6 Å². The van der Waals surface area contributed by atoms with Gasteiger partial charge in [0.25, 0.3) is 0 Å². The van der Waals surface area contributed by atoms with Crippen LogP contribution in [0.3, 0.4) is 0 Å². The van der Waals surface area contributed by atoms with Gasteiger partial charge in [0.15, 0.2) is 0 Å². The zero-order chi connectivity index (χ0) is 23.1. The highest BCUT2D eigenvalue weighted by molar-refractivity contribution is 6.14. The standard InChI is InChI=1S/C23H26FN7O/c1-14(15-2-6-17(24)7-3-15)30-23(32)31-21-12-20(26)19(13-29-21)22(27)16-4-8-18(9-5-16)28-11-10-25/h2-6,8-14,17,27-28H,7,25H2,1H3,(H4,26,29,30,31,32)/b11-10-,27-22?/t14?,17-/m1/s1. The molecule has 1 unspecified atom stereocenters. The van der Waals surface area contributed by atoms with Gasteiger partial charge in [-0.3, -0.25) is 10.7 Å². The summed E-state index contributed by atoms with van der Waals surface area (Å²) in [4.78, 5) is 16.5. The third-order valence-corrected chi connectivity index (χ3v) is 4.89. The lowest BCUT2D eigenvalue weighted by atomic mass is 10.0. The average Bonchev–Trinajstić information content (AvgIpc) is 2.78. The predicted octanol–water partition coefficient (Wildman–Crippen LogP) is 3.66. The number of hydrogen-bond acceptors (Lipinski definition) is 6. The maximum Gasteiger partial charge on any atom is 0.320 e. The first-order chi connectivity index (χ1) is 15.4. The van der Waals surface area contributed by atoms with Gasteiger partial charge in [-0.05, 0) is 24.6 Å². The van der Waals surface area contributed by atoms with Crippen LogP contribution in [0.4, 0.5) is 26.4 Å². The summed E-state index contributed by atoms with van der Waals surface area (Å²) in [5.41, 5.74) is 14.7. The maximum atomic E-state index is 13.2. The monoisotopic (exact) mass is 435 g/mol. The second-order valence-corrected chi connectivity index (χ2v) is 7.25. The minimum Gasteiger partial charge on any atom is -0.403 e. The first kappa shape index (κ1) is 22.5. The Kier molecular flexibility index (Phi) is 7.22. The largest absolute Gasteiger partial charge is 0.403 e. The molecule has 2 amide bonds. The van der Waals surface area contributed by atoms with Gasteiger partial charge in [-0.1, -0.05) is 30.4 Å². The summed E-state index contributed by atoms with van der Waals surface area (Å²) in [5.74, 6) is 0.258. The second kappa shape index (κ2) is 10.3. The third kappa shape index (κ3) is 5.72. The molecule has 32 heavy (non-hydrogen) atoms. The summed E-state index contributed by atoms with van der Waals surface area (Å²) in [6.07, 6.45) is 8.69. The molecule has 1 aromatic heterocycles. The van der Waals surface area contributed by atoms with Gasteiger partial charge >= 0.3 is 6.03 Å². The van der Waals surface area contributed by atoms with Crippen molar-refractivity contribution in [1.82, 2.24) is 10.3 Å². The number of nitrogens with one attached hydrogen (secondary N) is 4. The van der Waals surface area contributed by atoms with Crippen LogP contribution in [-0.2, 0) is 0 Å². The average molecular weight is 436 g/mol. The number of amides is 2. The lowest BCUT2D eigenvalue weighted by Gasteiger charge is -2.18. The number of pyridine rings is 1. The van der Waals surface area contributed by atoms with Gasteiger partial charge in [-0.25, -0.2) is 14.2 Å². The van der Waals surface area contributed by atoms with E-state index in [1.165, 1.54) is 24.5 Å². The van der Waals surface area contributed by atoms with Crippen LogP contribution in [0.1, 0.15) is 24.5 Å². The fraction of sp³-hybridized carbons (Fsp3) is 0.174. The zero-order valence-electron chi connectivity index (χ0n) is 17.6. The quantitative estimate of drug-likeness (QED) is 0.368. The number of carbonyl (C=O) groups excluding carboxylic acids is 1. The molecule has 8 nitrogen and oxygen atoms in total. The molecule has 0 radical (unpaired) electrons. The SMILES string of the molecule is CC(NC(=O)Nc1cc(N)c(C(=N)c2ccc(N/C=C\N)cc2)cn1)C1=CC[C@H](F)C=C1. The number of nitrogen functional groups attached to an aromatic ring is 1. The molecule has 1 aliphatic carbocycles. The van der Waals surface area contributed by atoms with E-state index in [-0.39, 0.29) is 17.6 Å². The minimum atomic E-state index is -0.980. The number of halogens is 1. The topological polar surface area (TPSA) is 142 Å². The molecule has 0 aliphatic heterocycles. The lowest BCUT2D eigenvalue weighted by molar-refractivity contribution is 0.250. The number of rotatable bonds is 7. The van der Waals surface area contributed by atoms with Crippen molar-refractivity contribution in [3.8, 4) is 0 Å². The molecular formula is C23H26FN7O. The molecular weight excluding hydrogens is 409 g/mol. The van der Waals surface area contributed by atoms with Crippen molar-refractivity contribution >= 4 is 28.9 Å². The Bertz CT molecular complexity index is 1080. The van der Waals surface area contributed by atoms with Crippen molar-refractivity contribution in [1.29, 1.82) is 5.41 Å². The molecule has 2 atom stereocenters. The molecule has 0 saturated carbocycles. The molecule has 1 heterocycles. The Labute approximate surface area is 185 Å². The predicted molar refractivity (Wildman–Crippen MR) is 126 cm³/mol. The number of nitrogens with two attached hydrogens (primary N) is 2. The van der Waals surface area contributed by atoms with Crippen molar-refractivity contribution in [2.75, 3.05) is 16.4 Å². The van der Waals surface area contributed by atoms with Crippen LogP contribution >= 0.6 is 0 Å². The van der Waals surface area contributed by atoms with Crippen LogP contribution < -0.4 is 27.4 Å². The molecule has 166 valence electrons. The number of nitrogens with zero attached hydrogens (tertiary/aromatic N) is 1. The summed E-state index contributed by atoms with van der Waals surface area (Å²) in [5, 5.41) is 16.8. The smallest absolute Gasteiger partial charge is 0.320 e. The summed E-state index contributed by atoms with van der Waals surface area (Å²) in [6, 6.07) is 7.96. The Morgan fingerprint density at radius 3 is 2.72 bits per heavy atom. The molecule has 0 spiro atoms. The van der Waals surface area contributed by atoms with Gasteiger partial charge in [0.2, 0.25) is 0 Å². The Morgan fingerprint density at radius 1 is 1.34 bits per heavy atom. The van der Waals surface area contributed by atoms with Gasteiger partial charge in [-0.15, -0.1) is 0 Å². The third-order valence-electron chi connectivity index (χ3n) is 4.89. The summed E-state index contributed by atoms with van der Waals surface area (Å²) in [7, 11) is 0. The highest BCUT2D eigenvalue weighted by Crippen LogP contribution is 2.21. The second-order valence-electron chi connectivity index (χ2n) is 7.25. The summed E-state index contributed by atoms with van der Waals surface area (Å²) < 4.78 is 13.2. The van der Waals surface area contributed by atoms with E-state index in [9.17, 15) is 9.18 Å². The van der Waals surface area contributed by atoms with Crippen LogP contribution in [0.5, 0.6) is 0 Å². The molecule has 0 saturated heterocycles. The van der Waals surface area contributed by atoms with E-state index in [1.54, 1.807) is 30.5 Å². The number of alkyl halides is 1. The number of benzene rings is 1. The van der Waals surface area contributed by atoms with Gasteiger partial charge < -0.3 is 22.1 Å². The van der Waals surface area contributed by atoms with Gasteiger partial charge in [0, 0.05) is 53.6 Å². The van der Waals surface area contributed by atoms with Crippen molar-refractivity contribution < 1.29 is 9.18 Å². The van der Waals surface area contributed by atoms with Crippen LogP contribution in [0, 0.1) is 5.41 Å². The van der Waals surface area contributed by atoms with E-state index in [2.05, 4.69) is 20.9 Å². The number of anilines is 3. The Balaban J connectivity index is 1.62. The zero-order valence-corrected chi connectivity index (χ0v) is 17.6. The van der Waals surface area contributed by atoms with Crippen LogP contribution in [0.2, 0.25) is 0 Å². The van der Waals surface area contributed by atoms with E-state index in [1.807, 2.05) is 19.1 Å². The van der Waals surface area contributed by atoms with Crippen LogP contribution in [0.15, 0.2) is 72.7 Å². The first-order valence-corrected chi connectivity index (χ1v) is 10.1. The number of allylic oxidation sites excluding steroid dienone is 2. The highest BCUT2D eigenvalue weighted by Gasteiger charge is 2.16. The summed E-state index contributed by atoms with van der Waals surface area (Å²) in [6.45, 7) is 1.81. The molecule has 0 fully saturated rings. The number of carbonyl (C=O) groups is 1. The molecule has 2 aromatic rings. The van der Waals surface area contributed by atoms with Gasteiger partial charge in [-0.2, -0.15) is 0 Å². The first-order valence-electron chi connectivity index (χ1n) is 10.1. The van der Waals surface area contributed by atoms with Gasteiger partial charge in [0.1, 0.15) is 12.0 Å². The van der Waals surface area contributed by atoms with Crippen molar-refractivity contribution in [3.05, 3.63) is 83.9 Å².